The Morgan fingerprint density at radius 1 is 1.25 bits per heavy atom. The van der Waals surface area contributed by atoms with E-state index >= 15 is 0 Å². The maximum atomic E-state index is 12.3. The summed E-state index contributed by atoms with van der Waals surface area (Å²) in [6.07, 6.45) is 6.77. The molecular formula is C12H15Cl2N5O. The fourth-order valence-electron chi connectivity index (χ4n) is 2.10. The first-order chi connectivity index (χ1) is 8.75. The van der Waals surface area contributed by atoms with Crippen LogP contribution in [0.1, 0.15) is 16.2 Å². The van der Waals surface area contributed by atoms with E-state index in [1.165, 1.54) is 6.20 Å². The number of hydrogen-bond acceptors (Lipinski definition) is 4. The number of aromatic nitrogens is 3. The van der Waals surface area contributed by atoms with Gasteiger partial charge in [0.1, 0.15) is 5.82 Å². The summed E-state index contributed by atoms with van der Waals surface area (Å²) in [7, 11) is 0. The smallest absolute Gasteiger partial charge is 0.257 e. The van der Waals surface area contributed by atoms with Crippen molar-refractivity contribution in [2.45, 2.75) is 13.1 Å². The summed E-state index contributed by atoms with van der Waals surface area (Å²) in [5.74, 6) is 0.812. The molecule has 1 amide bonds. The molecule has 1 aliphatic rings. The largest absolute Gasteiger partial charge is 0.398 e. The van der Waals surface area contributed by atoms with Gasteiger partial charge in [-0.25, -0.2) is 4.98 Å². The van der Waals surface area contributed by atoms with E-state index in [1.807, 2.05) is 6.20 Å². The molecule has 0 saturated carbocycles. The summed E-state index contributed by atoms with van der Waals surface area (Å²) < 4.78 is 2.05. The Hall–Kier alpha value is -1.79. The van der Waals surface area contributed by atoms with Crippen molar-refractivity contribution in [1.82, 2.24) is 19.4 Å². The molecule has 6 nitrogen and oxygen atoms in total. The maximum Gasteiger partial charge on any atom is 0.257 e. The van der Waals surface area contributed by atoms with Crippen LogP contribution in [0.15, 0.2) is 30.9 Å². The van der Waals surface area contributed by atoms with Crippen LogP contribution in [0.25, 0.3) is 0 Å². The van der Waals surface area contributed by atoms with Gasteiger partial charge in [-0.2, -0.15) is 0 Å². The van der Waals surface area contributed by atoms with Gasteiger partial charge in [-0.05, 0) is 6.07 Å². The molecule has 0 fully saturated rings. The van der Waals surface area contributed by atoms with Crippen molar-refractivity contribution in [2.24, 2.45) is 0 Å². The van der Waals surface area contributed by atoms with E-state index in [9.17, 15) is 4.79 Å². The van der Waals surface area contributed by atoms with E-state index < -0.39 is 0 Å². The number of nitrogens with two attached hydrogens (primary N) is 1. The van der Waals surface area contributed by atoms with Crippen LogP contribution in [0.4, 0.5) is 5.69 Å². The minimum absolute atomic E-state index is 0. The lowest BCUT2D eigenvalue weighted by Gasteiger charge is -2.27. The molecule has 2 aromatic rings. The molecule has 0 bridgehead atoms. The predicted octanol–water partition coefficient (Wildman–Crippen LogP) is 1.36. The molecule has 0 saturated heterocycles. The zero-order valence-corrected chi connectivity index (χ0v) is 12.2. The van der Waals surface area contributed by atoms with Crippen molar-refractivity contribution >= 4 is 36.4 Å². The number of carbonyl (C=O) groups excluding carboxylic acids is 1. The number of anilines is 1. The lowest BCUT2D eigenvalue weighted by molar-refractivity contribution is 0.0708. The minimum atomic E-state index is -0.0881. The molecule has 0 spiro atoms. The highest BCUT2D eigenvalue weighted by Crippen LogP contribution is 2.16. The summed E-state index contributed by atoms with van der Waals surface area (Å²) in [5, 5.41) is 0. The van der Waals surface area contributed by atoms with E-state index in [1.54, 1.807) is 23.4 Å². The number of carbonyl (C=O) groups is 1. The first-order valence-electron chi connectivity index (χ1n) is 5.74. The third-order valence-corrected chi connectivity index (χ3v) is 3.12. The average molecular weight is 316 g/mol. The molecule has 108 valence electrons. The Morgan fingerprint density at radius 2 is 2.05 bits per heavy atom. The van der Waals surface area contributed by atoms with E-state index in [4.69, 9.17) is 5.73 Å². The van der Waals surface area contributed by atoms with Gasteiger partial charge in [0.25, 0.3) is 5.91 Å². The highest BCUT2D eigenvalue weighted by atomic mass is 35.5. The highest BCUT2D eigenvalue weighted by molar-refractivity contribution is 5.98. The lowest BCUT2D eigenvalue weighted by atomic mass is 10.2. The summed E-state index contributed by atoms with van der Waals surface area (Å²) in [6.45, 7) is 1.94. The third-order valence-electron chi connectivity index (χ3n) is 3.12. The van der Waals surface area contributed by atoms with Crippen LogP contribution in [0, 0.1) is 0 Å². The van der Waals surface area contributed by atoms with Crippen LogP contribution in [0.3, 0.4) is 0 Å². The first kappa shape index (κ1) is 16.3. The summed E-state index contributed by atoms with van der Waals surface area (Å²) in [6, 6.07) is 1.64. The molecule has 20 heavy (non-hydrogen) atoms. The number of hydrogen-bond donors (Lipinski definition) is 1. The molecule has 3 rings (SSSR count). The Bertz CT molecular complexity index is 601. The van der Waals surface area contributed by atoms with Crippen LogP contribution in [-0.2, 0) is 13.1 Å². The Balaban J connectivity index is 0.000001000. The topological polar surface area (TPSA) is 77.0 Å². The number of rotatable bonds is 1. The van der Waals surface area contributed by atoms with Crippen molar-refractivity contribution in [3.63, 3.8) is 0 Å². The fourth-order valence-corrected chi connectivity index (χ4v) is 2.10. The van der Waals surface area contributed by atoms with Gasteiger partial charge in [-0.3, -0.25) is 9.78 Å². The zero-order valence-electron chi connectivity index (χ0n) is 10.6. The first-order valence-corrected chi connectivity index (χ1v) is 5.74. The molecular weight excluding hydrogens is 301 g/mol. The maximum absolute atomic E-state index is 12.3. The number of amides is 1. The molecule has 8 heteroatoms. The SMILES string of the molecule is Cl.Cl.Nc1ccncc1C(=O)N1CCn2ccnc2C1. The minimum Gasteiger partial charge on any atom is -0.398 e. The number of imidazole rings is 1. The second-order valence-corrected chi connectivity index (χ2v) is 4.23. The molecule has 2 aromatic heterocycles. The monoisotopic (exact) mass is 315 g/mol. The van der Waals surface area contributed by atoms with Gasteiger partial charge in [0.2, 0.25) is 0 Å². The van der Waals surface area contributed by atoms with Gasteiger partial charge in [-0.15, -0.1) is 24.8 Å². The number of fused-ring (bicyclic) bond motifs is 1. The molecule has 0 radical (unpaired) electrons. The molecule has 3 heterocycles. The zero-order chi connectivity index (χ0) is 12.5. The van der Waals surface area contributed by atoms with Crippen molar-refractivity contribution in [3.05, 3.63) is 42.2 Å². The number of pyridine rings is 1. The van der Waals surface area contributed by atoms with E-state index in [-0.39, 0.29) is 30.7 Å². The highest BCUT2D eigenvalue weighted by Gasteiger charge is 2.23. The van der Waals surface area contributed by atoms with E-state index in [2.05, 4.69) is 14.5 Å². The summed E-state index contributed by atoms with van der Waals surface area (Å²) in [4.78, 5) is 22.2. The number of halogens is 2. The van der Waals surface area contributed by atoms with Crippen LogP contribution < -0.4 is 5.73 Å². The van der Waals surface area contributed by atoms with Crippen LogP contribution in [0.2, 0.25) is 0 Å². The third kappa shape index (κ3) is 2.86. The molecule has 1 aliphatic heterocycles. The number of nitrogens with zero attached hydrogens (tertiary/aromatic N) is 4. The average Bonchev–Trinajstić information content (AvgIpc) is 2.85. The van der Waals surface area contributed by atoms with Gasteiger partial charge in [0.05, 0.1) is 12.1 Å². The quantitative estimate of drug-likeness (QED) is 0.862. The van der Waals surface area contributed by atoms with Crippen molar-refractivity contribution in [1.29, 1.82) is 0 Å². The molecule has 2 N–H and O–H groups in total. The van der Waals surface area contributed by atoms with Gasteiger partial charge in [0.15, 0.2) is 0 Å². The predicted molar refractivity (Wildman–Crippen MR) is 80.1 cm³/mol. The molecule has 0 atom stereocenters. The van der Waals surface area contributed by atoms with Crippen molar-refractivity contribution in [3.8, 4) is 0 Å². The summed E-state index contributed by atoms with van der Waals surface area (Å²) >= 11 is 0. The van der Waals surface area contributed by atoms with Crippen LogP contribution in [-0.4, -0.2) is 31.9 Å². The van der Waals surface area contributed by atoms with Crippen LogP contribution >= 0.6 is 24.8 Å². The van der Waals surface area contributed by atoms with Gasteiger partial charge in [-0.1, -0.05) is 0 Å². The van der Waals surface area contributed by atoms with Crippen molar-refractivity contribution < 1.29 is 4.79 Å². The van der Waals surface area contributed by atoms with Gasteiger partial charge < -0.3 is 15.2 Å². The number of nitrogen functional groups attached to an aromatic ring is 1. The Kier molecular flexibility index (Phi) is 5.35. The second-order valence-electron chi connectivity index (χ2n) is 4.23. The lowest BCUT2D eigenvalue weighted by Crippen LogP contribution is -2.38. The second kappa shape index (κ2) is 6.58. The molecule has 0 unspecified atom stereocenters. The Labute approximate surface area is 128 Å². The fraction of sp³-hybridized carbons (Fsp3) is 0.250. The normalized spacial score (nSPS) is 12.9. The van der Waals surface area contributed by atoms with Crippen LogP contribution in [0.5, 0.6) is 0 Å². The Morgan fingerprint density at radius 3 is 2.80 bits per heavy atom. The molecule has 0 aliphatic carbocycles. The van der Waals surface area contributed by atoms with Gasteiger partial charge in [0, 0.05) is 43.6 Å². The molecule has 0 aromatic carbocycles. The van der Waals surface area contributed by atoms with Gasteiger partial charge >= 0.3 is 0 Å². The van der Waals surface area contributed by atoms with Crippen molar-refractivity contribution in [2.75, 3.05) is 12.3 Å². The summed E-state index contributed by atoms with van der Waals surface area (Å²) in [5.41, 5.74) is 6.71. The van der Waals surface area contributed by atoms with E-state index in [0.717, 1.165) is 12.4 Å². The van der Waals surface area contributed by atoms with E-state index in [0.29, 0.717) is 24.3 Å². The standard InChI is InChI=1S/C12H13N5O.2ClH/c13-10-1-2-14-7-9(10)12(18)17-6-5-16-4-3-15-11(16)8-17;;/h1-4,7H,5-6,8H2,(H2,13,14);2*1H.